The van der Waals surface area contributed by atoms with Gasteiger partial charge in [-0.1, -0.05) is 13.0 Å². The number of allylic oxidation sites excluding steroid dienone is 1. The number of nitrogens with two attached hydrogens (primary N) is 1. The fraction of sp³-hybridized carbons (Fsp3) is 0.231. The Morgan fingerprint density at radius 2 is 2.47 bits per heavy atom. The van der Waals surface area contributed by atoms with Crippen molar-refractivity contribution < 1.29 is 4.74 Å². The van der Waals surface area contributed by atoms with E-state index in [4.69, 9.17) is 10.5 Å². The van der Waals surface area contributed by atoms with Crippen molar-refractivity contribution in [1.29, 1.82) is 5.26 Å². The third kappa shape index (κ3) is 1.71. The average molecular weight is 272 g/mol. The van der Waals surface area contributed by atoms with Gasteiger partial charge < -0.3 is 10.5 Å². The summed E-state index contributed by atoms with van der Waals surface area (Å²) in [6.07, 6.45) is 0.798. The van der Waals surface area contributed by atoms with Gasteiger partial charge in [-0.3, -0.25) is 5.10 Å². The molecule has 3 rings (SSSR count). The molecular weight excluding hydrogens is 260 g/mol. The number of nitrogens with zero attached hydrogens (tertiary/aromatic N) is 2. The third-order valence-corrected chi connectivity index (χ3v) is 4.14. The van der Waals surface area contributed by atoms with E-state index in [9.17, 15) is 5.26 Å². The minimum Gasteiger partial charge on any atom is -0.420 e. The van der Waals surface area contributed by atoms with E-state index in [1.807, 2.05) is 24.4 Å². The van der Waals surface area contributed by atoms with Crippen LogP contribution in [0.4, 0.5) is 0 Å². The van der Waals surface area contributed by atoms with Crippen molar-refractivity contribution in [2.24, 2.45) is 5.73 Å². The first kappa shape index (κ1) is 11.8. The molecule has 1 aliphatic rings. The van der Waals surface area contributed by atoms with E-state index < -0.39 is 0 Å². The zero-order valence-electron chi connectivity index (χ0n) is 10.3. The second-order valence-corrected chi connectivity index (χ2v) is 5.19. The number of thiophene rings is 1. The molecule has 3 heterocycles. The molecule has 0 saturated carbocycles. The van der Waals surface area contributed by atoms with Crippen LogP contribution < -0.4 is 10.5 Å². The lowest BCUT2D eigenvalue weighted by molar-refractivity contribution is 0.379. The molecule has 3 N–H and O–H groups in total. The number of aromatic nitrogens is 2. The molecule has 0 bridgehead atoms. The minimum absolute atomic E-state index is 0.141. The van der Waals surface area contributed by atoms with Gasteiger partial charge in [0.25, 0.3) is 0 Å². The quantitative estimate of drug-likeness (QED) is 0.877. The van der Waals surface area contributed by atoms with E-state index >= 15 is 0 Å². The maximum absolute atomic E-state index is 9.36. The number of nitrogens with one attached hydrogen (secondary N) is 1. The summed E-state index contributed by atoms with van der Waals surface area (Å²) in [5.41, 5.74) is 8.19. The number of ether oxygens (including phenoxy) is 1. The fourth-order valence-electron chi connectivity index (χ4n) is 2.32. The van der Waals surface area contributed by atoms with Gasteiger partial charge in [0, 0.05) is 10.6 Å². The van der Waals surface area contributed by atoms with Crippen molar-refractivity contribution in [2.45, 2.75) is 19.3 Å². The SMILES string of the molecule is CCc1[nH]nc2c1[C@H](c1cccs1)C(C#N)=C(N)O2. The van der Waals surface area contributed by atoms with Gasteiger partial charge in [0.1, 0.15) is 11.6 Å². The highest BCUT2D eigenvalue weighted by molar-refractivity contribution is 7.10. The number of fused-ring (bicyclic) bond motifs is 1. The van der Waals surface area contributed by atoms with E-state index in [-0.39, 0.29) is 11.8 Å². The summed E-state index contributed by atoms with van der Waals surface area (Å²) in [5, 5.41) is 18.5. The van der Waals surface area contributed by atoms with Crippen LogP contribution in [0, 0.1) is 11.3 Å². The lowest BCUT2D eigenvalue weighted by atomic mass is 9.88. The molecule has 0 saturated heterocycles. The predicted molar refractivity (Wildman–Crippen MR) is 71.6 cm³/mol. The molecule has 19 heavy (non-hydrogen) atoms. The van der Waals surface area contributed by atoms with Gasteiger partial charge >= 0.3 is 0 Å². The van der Waals surface area contributed by atoms with E-state index in [1.165, 1.54) is 0 Å². The number of hydrogen-bond acceptors (Lipinski definition) is 5. The third-order valence-electron chi connectivity index (χ3n) is 3.20. The first-order valence-electron chi connectivity index (χ1n) is 5.94. The smallest absolute Gasteiger partial charge is 0.244 e. The van der Waals surface area contributed by atoms with Crippen molar-refractivity contribution in [2.75, 3.05) is 0 Å². The van der Waals surface area contributed by atoms with Crippen molar-refractivity contribution in [1.82, 2.24) is 10.2 Å². The number of rotatable bonds is 2. The van der Waals surface area contributed by atoms with Gasteiger partial charge in [0.05, 0.1) is 11.5 Å². The maximum Gasteiger partial charge on any atom is 0.244 e. The molecule has 0 fully saturated rings. The standard InChI is InChI=1S/C13H12N4OS/c1-2-8-11-10(9-4-3-5-19-9)7(6-14)12(15)18-13(11)17-16-8/h3-5,10H,2,15H2,1H3,(H,16,17)/t10-/m0/s1. The topological polar surface area (TPSA) is 87.7 Å². The number of aromatic amines is 1. The molecule has 0 aromatic carbocycles. The lowest BCUT2D eigenvalue weighted by Crippen LogP contribution is -2.20. The minimum atomic E-state index is -0.178. The Labute approximate surface area is 114 Å². The van der Waals surface area contributed by atoms with Gasteiger partial charge in [0.15, 0.2) is 0 Å². The van der Waals surface area contributed by atoms with Crippen LogP contribution in [0.3, 0.4) is 0 Å². The molecule has 1 aliphatic heterocycles. The largest absolute Gasteiger partial charge is 0.420 e. The maximum atomic E-state index is 9.36. The van der Waals surface area contributed by atoms with Gasteiger partial charge in [-0.05, 0) is 17.9 Å². The van der Waals surface area contributed by atoms with Crippen molar-refractivity contribution in [3.8, 4) is 11.9 Å². The Balaban J connectivity index is 2.24. The molecule has 6 heteroatoms. The van der Waals surface area contributed by atoms with Gasteiger partial charge in [-0.15, -0.1) is 16.4 Å². The summed E-state index contributed by atoms with van der Waals surface area (Å²) in [4.78, 5) is 1.07. The van der Waals surface area contributed by atoms with Crippen LogP contribution in [0.15, 0.2) is 29.0 Å². The van der Waals surface area contributed by atoms with Crippen LogP contribution in [-0.4, -0.2) is 10.2 Å². The summed E-state index contributed by atoms with van der Waals surface area (Å²) in [5.74, 6) is 0.441. The number of aryl methyl sites for hydroxylation is 1. The van der Waals surface area contributed by atoms with Crippen LogP contribution in [0.5, 0.6) is 5.88 Å². The highest BCUT2D eigenvalue weighted by atomic mass is 32.1. The second-order valence-electron chi connectivity index (χ2n) is 4.21. The normalized spacial score (nSPS) is 17.8. The predicted octanol–water partition coefficient (Wildman–Crippen LogP) is 2.25. The Bertz CT molecular complexity index is 678. The van der Waals surface area contributed by atoms with Crippen molar-refractivity contribution in [3.63, 3.8) is 0 Å². The summed E-state index contributed by atoms with van der Waals surface area (Å²) in [6.45, 7) is 2.03. The van der Waals surface area contributed by atoms with Gasteiger partial charge in [-0.2, -0.15) is 5.26 Å². The highest BCUT2D eigenvalue weighted by Crippen LogP contribution is 2.44. The summed E-state index contributed by atoms with van der Waals surface area (Å²) < 4.78 is 5.44. The van der Waals surface area contributed by atoms with E-state index in [2.05, 4.69) is 16.3 Å². The molecule has 0 aliphatic carbocycles. The molecule has 0 radical (unpaired) electrons. The van der Waals surface area contributed by atoms with E-state index in [0.717, 1.165) is 22.6 Å². The van der Waals surface area contributed by atoms with Crippen LogP contribution in [0.1, 0.15) is 29.0 Å². The zero-order chi connectivity index (χ0) is 13.4. The summed E-state index contributed by atoms with van der Waals surface area (Å²) in [6, 6.07) is 6.13. The Kier molecular flexibility index (Phi) is 2.76. The Morgan fingerprint density at radius 1 is 1.63 bits per heavy atom. The van der Waals surface area contributed by atoms with Crippen molar-refractivity contribution in [3.05, 3.63) is 45.1 Å². The molecule has 96 valence electrons. The first-order chi connectivity index (χ1) is 9.26. The number of hydrogen-bond donors (Lipinski definition) is 2. The number of H-pyrrole nitrogens is 1. The summed E-state index contributed by atoms with van der Waals surface area (Å²) >= 11 is 1.60. The molecule has 0 spiro atoms. The van der Waals surface area contributed by atoms with Crippen molar-refractivity contribution >= 4 is 11.3 Å². The molecule has 2 aromatic rings. The van der Waals surface area contributed by atoms with Gasteiger partial charge in [0.2, 0.25) is 11.8 Å². The molecule has 5 nitrogen and oxygen atoms in total. The first-order valence-corrected chi connectivity index (χ1v) is 6.82. The fourth-order valence-corrected chi connectivity index (χ4v) is 3.16. The molecule has 0 amide bonds. The molecule has 2 aromatic heterocycles. The average Bonchev–Trinajstić information content (AvgIpc) is 3.05. The van der Waals surface area contributed by atoms with E-state index in [0.29, 0.717) is 11.5 Å². The van der Waals surface area contributed by atoms with E-state index in [1.54, 1.807) is 11.3 Å². The van der Waals surface area contributed by atoms with Gasteiger partial charge in [-0.25, -0.2) is 0 Å². The lowest BCUT2D eigenvalue weighted by Gasteiger charge is -2.22. The van der Waals surface area contributed by atoms with Crippen LogP contribution in [0.25, 0.3) is 0 Å². The van der Waals surface area contributed by atoms with Crippen LogP contribution in [-0.2, 0) is 6.42 Å². The highest BCUT2D eigenvalue weighted by Gasteiger charge is 2.35. The second kappa shape index (κ2) is 4.44. The molecule has 0 unspecified atom stereocenters. The van der Waals surface area contributed by atoms with Crippen LogP contribution in [0.2, 0.25) is 0 Å². The Hall–Kier alpha value is -2.26. The summed E-state index contributed by atoms with van der Waals surface area (Å²) in [7, 11) is 0. The molecule has 1 atom stereocenters. The zero-order valence-corrected chi connectivity index (χ0v) is 11.1. The number of nitriles is 1. The molecular formula is C13H12N4OS. The van der Waals surface area contributed by atoms with Crippen LogP contribution >= 0.6 is 11.3 Å². The Morgan fingerprint density at radius 3 is 3.11 bits per heavy atom. The monoisotopic (exact) mass is 272 g/mol.